The largest absolute Gasteiger partial charge is 0.395 e. The lowest BCUT2D eigenvalue weighted by Gasteiger charge is -2.26. The fraction of sp³-hybridized carbons (Fsp3) is 0.875. The van der Waals surface area contributed by atoms with Gasteiger partial charge in [0.15, 0.2) is 0 Å². The van der Waals surface area contributed by atoms with E-state index in [-0.39, 0.29) is 45.5 Å². The monoisotopic (exact) mass is 206 g/mol. The minimum atomic E-state index is -0.304. The molecule has 0 aromatic rings. The minimum absolute atomic E-state index is 0.103. The quantitative estimate of drug-likeness (QED) is 0.484. The molecule has 0 bridgehead atoms. The minimum Gasteiger partial charge on any atom is -0.395 e. The lowest BCUT2D eigenvalue weighted by molar-refractivity contribution is 0.127. The Morgan fingerprint density at radius 1 is 1.00 bits per heavy atom. The Labute approximate surface area is 83.4 Å². The summed E-state index contributed by atoms with van der Waals surface area (Å²) in [6.07, 6.45) is 0. The van der Waals surface area contributed by atoms with Crippen LogP contribution in [0.3, 0.4) is 0 Å². The van der Waals surface area contributed by atoms with Crippen molar-refractivity contribution in [2.75, 3.05) is 46.5 Å². The van der Waals surface area contributed by atoms with E-state index in [1.54, 1.807) is 7.05 Å². The van der Waals surface area contributed by atoms with Crippen LogP contribution in [0.1, 0.15) is 0 Å². The van der Waals surface area contributed by atoms with E-state index in [4.69, 9.17) is 15.3 Å². The predicted octanol–water partition coefficient (Wildman–Crippen LogP) is -1.68. The van der Waals surface area contributed by atoms with E-state index in [0.717, 1.165) is 0 Å². The van der Waals surface area contributed by atoms with Crippen molar-refractivity contribution < 1.29 is 20.1 Å². The van der Waals surface area contributed by atoms with Crippen LogP contribution in [0, 0.1) is 0 Å². The summed E-state index contributed by atoms with van der Waals surface area (Å²) in [6.45, 7) is 0.238. The maximum Gasteiger partial charge on any atom is 0.319 e. The molecule has 0 rings (SSSR count). The number of rotatable bonds is 6. The van der Waals surface area contributed by atoms with Gasteiger partial charge >= 0.3 is 6.03 Å². The lowest BCUT2D eigenvalue weighted by atomic mass is 10.5. The van der Waals surface area contributed by atoms with Crippen molar-refractivity contribution in [3.63, 3.8) is 0 Å². The molecule has 0 radical (unpaired) electrons. The molecule has 0 aromatic carbocycles. The first-order chi connectivity index (χ1) is 6.67. The summed E-state index contributed by atoms with van der Waals surface area (Å²) in [5, 5.41) is 26.0. The fourth-order valence-electron chi connectivity index (χ4n) is 1.03. The Kier molecular flexibility index (Phi) is 7.09. The Balaban J connectivity index is 4.11. The first kappa shape index (κ1) is 13.2. The van der Waals surface area contributed by atoms with Crippen LogP contribution in [-0.4, -0.2) is 77.7 Å². The van der Waals surface area contributed by atoms with Gasteiger partial charge in [0.25, 0.3) is 0 Å². The van der Waals surface area contributed by atoms with E-state index in [0.29, 0.717) is 0 Å². The summed E-state index contributed by atoms with van der Waals surface area (Å²) in [6, 6.07) is -0.304. The van der Waals surface area contributed by atoms with Crippen molar-refractivity contribution in [1.82, 2.24) is 9.80 Å². The van der Waals surface area contributed by atoms with Gasteiger partial charge < -0.3 is 25.1 Å². The molecule has 0 aliphatic carbocycles. The maximum atomic E-state index is 11.5. The molecule has 0 saturated carbocycles. The molecule has 0 aromatic heterocycles. The summed E-state index contributed by atoms with van der Waals surface area (Å²) in [5.41, 5.74) is 0. The summed E-state index contributed by atoms with van der Waals surface area (Å²) in [7, 11) is 1.56. The van der Waals surface area contributed by atoms with Crippen molar-refractivity contribution in [1.29, 1.82) is 0 Å². The van der Waals surface area contributed by atoms with E-state index >= 15 is 0 Å². The number of carbonyl (C=O) groups excluding carboxylic acids is 1. The molecule has 0 atom stereocenters. The number of aliphatic hydroxyl groups is 3. The molecule has 0 heterocycles. The van der Waals surface area contributed by atoms with Gasteiger partial charge in [-0.05, 0) is 0 Å². The number of amides is 2. The van der Waals surface area contributed by atoms with Crippen LogP contribution in [0.15, 0.2) is 0 Å². The van der Waals surface area contributed by atoms with Crippen LogP contribution in [-0.2, 0) is 0 Å². The number of carbonyl (C=O) groups is 1. The lowest BCUT2D eigenvalue weighted by Crippen LogP contribution is -2.44. The van der Waals surface area contributed by atoms with Crippen molar-refractivity contribution in [2.45, 2.75) is 0 Å². The highest BCUT2D eigenvalue weighted by atomic mass is 16.3. The van der Waals surface area contributed by atoms with Gasteiger partial charge in [0.1, 0.15) is 0 Å². The predicted molar refractivity (Wildman–Crippen MR) is 50.9 cm³/mol. The third kappa shape index (κ3) is 4.40. The van der Waals surface area contributed by atoms with Gasteiger partial charge in [-0.15, -0.1) is 0 Å². The second-order valence-electron chi connectivity index (χ2n) is 2.86. The molecule has 14 heavy (non-hydrogen) atoms. The first-order valence-corrected chi connectivity index (χ1v) is 4.50. The van der Waals surface area contributed by atoms with E-state index in [1.807, 2.05) is 0 Å². The van der Waals surface area contributed by atoms with Gasteiger partial charge in [-0.3, -0.25) is 0 Å². The Morgan fingerprint density at radius 3 is 1.79 bits per heavy atom. The Morgan fingerprint density at radius 2 is 1.43 bits per heavy atom. The summed E-state index contributed by atoms with van der Waals surface area (Å²) < 4.78 is 0. The third-order valence-corrected chi connectivity index (χ3v) is 1.77. The SMILES string of the molecule is CN(CCO)C(=O)N(CCO)CCO. The Bertz CT molecular complexity index is 159. The molecule has 0 saturated heterocycles. The number of nitrogens with zero attached hydrogens (tertiary/aromatic N) is 2. The van der Waals surface area contributed by atoms with E-state index in [2.05, 4.69) is 0 Å². The average Bonchev–Trinajstić information content (AvgIpc) is 2.17. The second-order valence-corrected chi connectivity index (χ2v) is 2.86. The van der Waals surface area contributed by atoms with Gasteiger partial charge in [-0.2, -0.15) is 0 Å². The molecule has 6 nitrogen and oxygen atoms in total. The molecule has 2 amide bonds. The van der Waals surface area contributed by atoms with Crippen LogP contribution in [0.2, 0.25) is 0 Å². The zero-order chi connectivity index (χ0) is 11.0. The van der Waals surface area contributed by atoms with Crippen LogP contribution >= 0.6 is 0 Å². The third-order valence-electron chi connectivity index (χ3n) is 1.77. The molecule has 0 fully saturated rings. The Hall–Kier alpha value is -0.850. The smallest absolute Gasteiger partial charge is 0.319 e. The van der Waals surface area contributed by atoms with Crippen LogP contribution < -0.4 is 0 Å². The standard InChI is InChI=1S/C8H18N2O4/c1-9(2-5-11)8(14)10(3-6-12)4-7-13/h11-13H,2-7H2,1H3. The van der Waals surface area contributed by atoms with Crippen molar-refractivity contribution in [3.05, 3.63) is 0 Å². The normalized spacial score (nSPS) is 10.0. The topological polar surface area (TPSA) is 84.2 Å². The van der Waals surface area contributed by atoms with Gasteiger partial charge in [0, 0.05) is 26.7 Å². The molecule has 0 spiro atoms. The molecule has 0 unspecified atom stereocenters. The van der Waals surface area contributed by atoms with Gasteiger partial charge in [-0.1, -0.05) is 0 Å². The second kappa shape index (κ2) is 7.54. The molecule has 84 valence electrons. The fourth-order valence-corrected chi connectivity index (χ4v) is 1.03. The number of likely N-dealkylation sites (N-methyl/N-ethyl adjacent to an activating group) is 1. The number of hydrogen-bond donors (Lipinski definition) is 3. The van der Waals surface area contributed by atoms with Gasteiger partial charge in [-0.25, -0.2) is 4.79 Å². The average molecular weight is 206 g/mol. The molecular formula is C8H18N2O4. The highest BCUT2D eigenvalue weighted by Gasteiger charge is 2.15. The highest BCUT2D eigenvalue weighted by molar-refractivity contribution is 5.74. The van der Waals surface area contributed by atoms with Crippen LogP contribution in [0.25, 0.3) is 0 Å². The van der Waals surface area contributed by atoms with Crippen LogP contribution in [0.5, 0.6) is 0 Å². The summed E-state index contributed by atoms with van der Waals surface area (Å²) in [5.74, 6) is 0. The summed E-state index contributed by atoms with van der Waals surface area (Å²) >= 11 is 0. The molecule has 0 aliphatic heterocycles. The van der Waals surface area contributed by atoms with E-state index < -0.39 is 0 Å². The summed E-state index contributed by atoms with van der Waals surface area (Å²) in [4.78, 5) is 14.2. The number of aliphatic hydroxyl groups excluding tert-OH is 3. The van der Waals surface area contributed by atoms with E-state index in [9.17, 15) is 4.79 Å². The van der Waals surface area contributed by atoms with Crippen molar-refractivity contribution >= 4 is 6.03 Å². The molecular weight excluding hydrogens is 188 g/mol. The molecule has 0 aliphatic rings. The highest BCUT2D eigenvalue weighted by Crippen LogP contribution is 1.95. The van der Waals surface area contributed by atoms with E-state index in [1.165, 1.54) is 9.80 Å². The number of hydrogen-bond acceptors (Lipinski definition) is 4. The number of urea groups is 1. The molecule has 6 heteroatoms. The van der Waals surface area contributed by atoms with Crippen molar-refractivity contribution in [2.24, 2.45) is 0 Å². The van der Waals surface area contributed by atoms with Crippen LogP contribution in [0.4, 0.5) is 4.79 Å². The van der Waals surface area contributed by atoms with Gasteiger partial charge in [0.05, 0.1) is 19.8 Å². The van der Waals surface area contributed by atoms with Crippen molar-refractivity contribution in [3.8, 4) is 0 Å². The maximum absolute atomic E-state index is 11.5. The first-order valence-electron chi connectivity index (χ1n) is 4.50. The molecule has 3 N–H and O–H groups in total. The zero-order valence-electron chi connectivity index (χ0n) is 8.39. The zero-order valence-corrected chi connectivity index (χ0v) is 8.39. The van der Waals surface area contributed by atoms with Gasteiger partial charge in [0.2, 0.25) is 0 Å².